The van der Waals surface area contributed by atoms with Gasteiger partial charge in [-0.3, -0.25) is 9.59 Å². The number of sulfonamides is 1. The number of benzene rings is 2. The molecule has 5 heterocycles. The zero-order valence-electron chi connectivity index (χ0n) is 38.2. The summed E-state index contributed by atoms with van der Waals surface area (Å²) in [4.78, 5) is 67.5. The van der Waals surface area contributed by atoms with Gasteiger partial charge in [-0.1, -0.05) is 64.0 Å². The maximum Gasteiger partial charge on any atom is 0.333 e. The molecule has 354 valence electrons. The van der Waals surface area contributed by atoms with E-state index in [0.717, 1.165) is 5.13 Å². The lowest BCUT2D eigenvalue weighted by Gasteiger charge is -2.33. The molecule has 0 saturated carbocycles. The van der Waals surface area contributed by atoms with E-state index in [9.17, 15) is 32.7 Å². The van der Waals surface area contributed by atoms with E-state index in [0.29, 0.717) is 65.0 Å². The zero-order chi connectivity index (χ0) is 47.3. The van der Waals surface area contributed by atoms with E-state index in [2.05, 4.69) is 21.3 Å². The van der Waals surface area contributed by atoms with E-state index in [4.69, 9.17) is 19.4 Å². The van der Waals surface area contributed by atoms with Crippen LogP contribution in [0.15, 0.2) is 71.0 Å². The molecule has 1 saturated heterocycles. The van der Waals surface area contributed by atoms with Crippen molar-refractivity contribution in [2.24, 2.45) is 5.92 Å². The van der Waals surface area contributed by atoms with E-state index >= 15 is 0 Å². The highest BCUT2D eigenvalue weighted by atomic mass is 32.2. The number of amides is 4. The number of carboxylic acid groups (broad SMARTS) is 1. The van der Waals surface area contributed by atoms with Gasteiger partial charge in [-0.2, -0.15) is 4.31 Å². The fourth-order valence-corrected chi connectivity index (χ4v) is 11.1. The van der Waals surface area contributed by atoms with Crippen LogP contribution in [0.25, 0.3) is 22.3 Å². The number of carbonyl (C=O) groups is 4. The van der Waals surface area contributed by atoms with Crippen molar-refractivity contribution >= 4 is 61.2 Å². The number of hydrogen-bond donors (Lipinski definition) is 5. The molecule has 2 aromatic heterocycles. The van der Waals surface area contributed by atoms with Gasteiger partial charge in [0.1, 0.15) is 35.4 Å². The lowest BCUT2D eigenvalue weighted by Crippen LogP contribution is -2.60. The largest absolute Gasteiger partial charge is 0.497 e. The Bertz CT molecular complexity index is 2580. The van der Waals surface area contributed by atoms with Crippen molar-refractivity contribution in [3.05, 3.63) is 71.6 Å². The first-order chi connectivity index (χ1) is 31.5. The highest BCUT2D eigenvalue weighted by Crippen LogP contribution is 2.36. The molecule has 4 aromatic rings. The van der Waals surface area contributed by atoms with Gasteiger partial charge in [-0.05, 0) is 69.2 Å². The first kappa shape index (κ1) is 48.2. The smallest absolute Gasteiger partial charge is 0.333 e. The molecule has 1 fully saturated rings. The fourth-order valence-electron chi connectivity index (χ4n) is 8.62. The number of anilines is 1. The number of fused-ring (bicyclic) bond motifs is 3. The van der Waals surface area contributed by atoms with Gasteiger partial charge in [0, 0.05) is 54.5 Å². The number of methoxy groups -OCH3 is 1. The summed E-state index contributed by atoms with van der Waals surface area (Å²) in [6.07, 6.45) is 5.33. The van der Waals surface area contributed by atoms with Crippen molar-refractivity contribution in [2.45, 2.75) is 127 Å². The van der Waals surface area contributed by atoms with Crippen molar-refractivity contribution in [1.29, 1.82) is 0 Å². The Morgan fingerprint density at radius 1 is 1.05 bits per heavy atom. The molecule has 17 nitrogen and oxygen atoms in total. The van der Waals surface area contributed by atoms with Crippen molar-refractivity contribution in [3.63, 3.8) is 0 Å². The van der Waals surface area contributed by atoms with Crippen LogP contribution in [-0.2, 0) is 31.0 Å². The average Bonchev–Trinajstić information content (AvgIpc) is 3.99. The quantitative estimate of drug-likeness (QED) is 0.0933. The summed E-state index contributed by atoms with van der Waals surface area (Å²) in [6, 6.07) is 10.6. The van der Waals surface area contributed by atoms with Gasteiger partial charge >= 0.3 is 12.0 Å². The molecule has 5 N–H and O–H groups in total. The van der Waals surface area contributed by atoms with Gasteiger partial charge < -0.3 is 40.7 Å². The number of urea groups is 1. The lowest BCUT2D eigenvalue weighted by molar-refractivity contribution is -0.147. The summed E-state index contributed by atoms with van der Waals surface area (Å²) in [7, 11) is -2.21. The molecule has 0 aliphatic carbocycles. The van der Waals surface area contributed by atoms with Gasteiger partial charge in [-0.25, -0.2) is 28.0 Å². The summed E-state index contributed by atoms with van der Waals surface area (Å²) in [5.74, 6) is -1.60. The topological polar surface area (TPSA) is 221 Å². The number of allylic oxidation sites excluding steroid dienone is 1. The fraction of sp³-hybridized carbons (Fsp3) is 0.489. The van der Waals surface area contributed by atoms with Crippen LogP contribution in [0.5, 0.6) is 11.5 Å². The molecule has 7 rings (SSSR count). The van der Waals surface area contributed by atoms with Crippen LogP contribution in [0.2, 0.25) is 0 Å². The molecule has 3 aliphatic rings. The Balaban J connectivity index is 1.18. The number of pyridine rings is 1. The van der Waals surface area contributed by atoms with Crippen LogP contribution in [0.3, 0.4) is 0 Å². The Hall–Kier alpha value is -5.79. The number of rotatable bonds is 13. The second-order valence-electron chi connectivity index (χ2n) is 17.8. The summed E-state index contributed by atoms with van der Waals surface area (Å²) in [6.45, 7) is 9.62. The van der Waals surface area contributed by atoms with Crippen LogP contribution >= 0.6 is 11.3 Å². The number of carbonyl (C=O) groups excluding carboxylic acids is 3. The summed E-state index contributed by atoms with van der Waals surface area (Å²) in [5, 5.41) is 25.7. The zero-order valence-corrected chi connectivity index (χ0v) is 39.8. The Morgan fingerprint density at radius 3 is 2.55 bits per heavy atom. The molecule has 1 unspecified atom stereocenters. The minimum atomic E-state index is -3.77. The molecule has 0 bridgehead atoms. The number of nitrogens with one attached hydrogen (secondary N) is 4. The number of nitrogens with zero attached hydrogens (tertiary/aromatic N) is 4. The molecule has 0 radical (unpaired) electrons. The van der Waals surface area contributed by atoms with Crippen molar-refractivity contribution < 1.29 is 42.2 Å². The molecule has 0 spiro atoms. The first-order valence-corrected chi connectivity index (χ1v) is 24.9. The molecular formula is C47H60N8O9S2. The van der Waals surface area contributed by atoms with E-state index in [-0.39, 0.29) is 55.8 Å². The molecule has 19 heteroatoms. The van der Waals surface area contributed by atoms with E-state index < -0.39 is 63.6 Å². The minimum absolute atomic E-state index is 0.0101. The normalized spacial score (nSPS) is 23.4. The summed E-state index contributed by atoms with van der Waals surface area (Å²) < 4.78 is 40.5. The van der Waals surface area contributed by atoms with Crippen LogP contribution in [0.4, 0.5) is 9.93 Å². The molecule has 5 atom stereocenters. The molecule has 3 aliphatic heterocycles. The maximum atomic E-state index is 14.9. The van der Waals surface area contributed by atoms with Gasteiger partial charge in [-0.15, -0.1) is 11.3 Å². The van der Waals surface area contributed by atoms with Gasteiger partial charge in [0.05, 0.1) is 29.8 Å². The first-order valence-electron chi connectivity index (χ1n) is 22.6. The number of hydrogen-bond acceptors (Lipinski definition) is 12. The van der Waals surface area contributed by atoms with E-state index in [1.165, 1.54) is 26.6 Å². The predicted octanol–water partition coefficient (Wildman–Crippen LogP) is 6.30. The summed E-state index contributed by atoms with van der Waals surface area (Å²) in [5.41, 5.74) is 0.678. The monoisotopic (exact) mass is 944 g/mol. The predicted molar refractivity (Wildman–Crippen MR) is 252 cm³/mol. The highest BCUT2D eigenvalue weighted by molar-refractivity contribution is 7.89. The van der Waals surface area contributed by atoms with Crippen LogP contribution < -0.4 is 30.7 Å². The van der Waals surface area contributed by atoms with Crippen molar-refractivity contribution in [2.75, 3.05) is 25.5 Å². The second-order valence-corrected chi connectivity index (χ2v) is 20.6. The van der Waals surface area contributed by atoms with Crippen LogP contribution in [-0.4, -0.2) is 113 Å². The number of aliphatic carboxylic acids is 1. The van der Waals surface area contributed by atoms with Crippen LogP contribution in [0.1, 0.15) is 85.1 Å². The average molecular weight is 945 g/mol. The van der Waals surface area contributed by atoms with Crippen molar-refractivity contribution in [1.82, 2.24) is 35.1 Å². The van der Waals surface area contributed by atoms with E-state index in [1.807, 2.05) is 39.1 Å². The number of aromatic nitrogens is 2. The van der Waals surface area contributed by atoms with Gasteiger partial charge in [0.25, 0.3) is 0 Å². The number of carboxylic acids is 1. The Morgan fingerprint density at radius 2 is 1.83 bits per heavy atom. The third-order valence-electron chi connectivity index (χ3n) is 12.4. The third kappa shape index (κ3) is 10.6. The van der Waals surface area contributed by atoms with Gasteiger partial charge in [0.15, 0.2) is 10.7 Å². The number of thiazole rings is 1. The molecular weight excluding hydrogens is 885 g/mol. The molecule has 4 amide bonds. The van der Waals surface area contributed by atoms with Crippen molar-refractivity contribution in [3.8, 4) is 22.9 Å². The highest BCUT2D eigenvalue weighted by Gasteiger charge is 2.46. The second kappa shape index (κ2) is 20.4. The molecule has 2 aromatic carbocycles. The maximum absolute atomic E-state index is 14.9. The Labute approximate surface area is 389 Å². The van der Waals surface area contributed by atoms with Gasteiger partial charge in [0.2, 0.25) is 21.8 Å². The Kier molecular flexibility index (Phi) is 14.9. The summed E-state index contributed by atoms with van der Waals surface area (Å²) >= 11 is 1.44. The van der Waals surface area contributed by atoms with E-state index in [1.54, 1.807) is 62.6 Å². The minimum Gasteiger partial charge on any atom is -0.497 e. The third-order valence-corrected chi connectivity index (χ3v) is 15.1. The SMILES string of the molecule is CC[C@]1(C(=O)O)/C=C\CCCCC[C@H](NC(=O)NC(CN2Cc3ccccc3S2(=O)=O)C(C)C)C(=O)N2C[C@H](Oc3cc(-c4csc(NC(C)C)n4)nc4cc(OC)ccc34)C[C@H]2C(=O)N1. The lowest BCUT2D eigenvalue weighted by atomic mass is 9.93. The number of ether oxygens (including phenoxy) is 2. The van der Waals surface area contributed by atoms with Crippen LogP contribution in [0, 0.1) is 5.92 Å². The standard InChI is InChI=1S/C47H60N8O9S2/c1-7-47(44(58)59)20-14-10-8-9-11-16-34(50-45(60)51-37(28(2)3)26-54-24-30-15-12-13-17-41(30)66(54,61)62)43(57)55-25-32(22-39(55)42(56)53-47)64-40-23-36(38-27-65-46(52-38)48-29(4)5)49-35-21-31(63-6)18-19-33(35)40/h12-15,17-21,23,27-29,32,34,37,39H,7-11,16,22,24-26H2,1-6H3,(H,48,52)(H,53,56)(H,58,59)(H2,50,51,60)/b20-14-/t32-,34+,37?,39+,47-/m1/s1. The molecule has 66 heavy (non-hydrogen) atoms.